The smallest absolute Gasteiger partial charge is 0.308 e. The Balaban J connectivity index is 1.90. The predicted octanol–water partition coefficient (Wildman–Crippen LogP) is 2.83. The van der Waals surface area contributed by atoms with Crippen molar-refractivity contribution in [2.24, 2.45) is 5.92 Å². The minimum absolute atomic E-state index is 0.101. The summed E-state index contributed by atoms with van der Waals surface area (Å²) in [6.07, 6.45) is 4.41. The van der Waals surface area contributed by atoms with Gasteiger partial charge in [0.05, 0.1) is 12.0 Å². The molecule has 1 aromatic heterocycles. The molecule has 3 rings (SSSR count). The number of hydrogen-bond donors (Lipinski definition) is 1. The van der Waals surface area contributed by atoms with Crippen molar-refractivity contribution in [2.45, 2.75) is 25.3 Å². The Kier molecular flexibility index (Phi) is 5.07. The number of carboxylic acids is 1. The molecule has 2 heterocycles. The average molecular weight is 342 g/mol. The van der Waals surface area contributed by atoms with Crippen LogP contribution in [0.15, 0.2) is 48.8 Å². The Morgan fingerprint density at radius 1 is 1.32 bits per heavy atom. The van der Waals surface area contributed by atoms with Crippen LogP contribution in [0.3, 0.4) is 0 Å². The quantitative estimate of drug-likeness (QED) is 0.907. The first-order chi connectivity index (χ1) is 12.1. The van der Waals surface area contributed by atoms with E-state index in [9.17, 15) is 19.1 Å². The van der Waals surface area contributed by atoms with Gasteiger partial charge in [0.2, 0.25) is 5.91 Å². The second-order valence-corrected chi connectivity index (χ2v) is 6.18. The van der Waals surface area contributed by atoms with Crippen molar-refractivity contribution in [3.63, 3.8) is 0 Å². The summed E-state index contributed by atoms with van der Waals surface area (Å²) >= 11 is 0. The number of rotatable bonds is 5. The van der Waals surface area contributed by atoms with E-state index in [4.69, 9.17) is 0 Å². The Morgan fingerprint density at radius 2 is 2.16 bits per heavy atom. The maximum absolute atomic E-state index is 13.7. The maximum Gasteiger partial charge on any atom is 0.308 e. The van der Waals surface area contributed by atoms with Crippen LogP contribution in [0.1, 0.15) is 30.0 Å². The van der Waals surface area contributed by atoms with E-state index in [1.807, 2.05) is 12.1 Å². The van der Waals surface area contributed by atoms with Crippen molar-refractivity contribution in [1.29, 1.82) is 0 Å². The molecule has 1 amide bonds. The molecule has 6 heteroatoms. The van der Waals surface area contributed by atoms with Crippen molar-refractivity contribution in [3.8, 4) is 0 Å². The molecule has 0 unspecified atom stereocenters. The van der Waals surface area contributed by atoms with Gasteiger partial charge in [0.25, 0.3) is 0 Å². The van der Waals surface area contributed by atoms with E-state index in [1.165, 1.54) is 12.1 Å². The van der Waals surface area contributed by atoms with Crippen molar-refractivity contribution >= 4 is 11.9 Å². The van der Waals surface area contributed by atoms with Gasteiger partial charge in [-0.25, -0.2) is 4.39 Å². The lowest BCUT2D eigenvalue weighted by Crippen LogP contribution is -2.46. The first-order valence-electron chi connectivity index (χ1n) is 8.23. The largest absolute Gasteiger partial charge is 0.481 e. The molecule has 1 N–H and O–H groups in total. The van der Waals surface area contributed by atoms with Crippen molar-refractivity contribution in [2.75, 3.05) is 6.54 Å². The fourth-order valence-corrected chi connectivity index (χ4v) is 3.37. The van der Waals surface area contributed by atoms with Crippen molar-refractivity contribution in [1.82, 2.24) is 9.88 Å². The Hall–Kier alpha value is -2.76. The fraction of sp³-hybridized carbons (Fsp3) is 0.316. The molecule has 1 saturated heterocycles. The van der Waals surface area contributed by atoms with E-state index in [1.54, 1.807) is 29.4 Å². The van der Waals surface area contributed by atoms with Gasteiger partial charge < -0.3 is 10.0 Å². The summed E-state index contributed by atoms with van der Waals surface area (Å²) in [5, 5.41) is 9.59. The van der Waals surface area contributed by atoms with Crippen molar-refractivity contribution in [3.05, 3.63) is 65.7 Å². The summed E-state index contributed by atoms with van der Waals surface area (Å²) in [6, 6.07) is 8.91. The third-order valence-electron chi connectivity index (χ3n) is 4.58. The van der Waals surface area contributed by atoms with E-state index in [2.05, 4.69) is 4.98 Å². The summed E-state index contributed by atoms with van der Waals surface area (Å²) < 4.78 is 13.7. The Morgan fingerprint density at radius 3 is 2.84 bits per heavy atom. The molecular weight excluding hydrogens is 323 g/mol. The number of pyridine rings is 1. The van der Waals surface area contributed by atoms with E-state index < -0.39 is 23.7 Å². The van der Waals surface area contributed by atoms with E-state index in [-0.39, 0.29) is 18.7 Å². The van der Waals surface area contributed by atoms with Gasteiger partial charge in [0.1, 0.15) is 5.82 Å². The lowest BCUT2D eigenvalue weighted by Gasteiger charge is -2.40. The highest BCUT2D eigenvalue weighted by atomic mass is 19.1. The number of carbonyl (C=O) groups excluding carboxylic acids is 1. The highest BCUT2D eigenvalue weighted by molar-refractivity contribution is 5.81. The number of carbonyl (C=O) groups is 2. The molecule has 0 spiro atoms. The molecule has 0 radical (unpaired) electrons. The number of amides is 1. The van der Waals surface area contributed by atoms with Crippen LogP contribution in [0.2, 0.25) is 0 Å². The van der Waals surface area contributed by atoms with Gasteiger partial charge in [-0.3, -0.25) is 14.6 Å². The number of aromatic nitrogens is 1. The lowest BCUT2D eigenvalue weighted by atomic mass is 9.84. The summed E-state index contributed by atoms with van der Waals surface area (Å²) in [7, 11) is 0. The van der Waals surface area contributed by atoms with Gasteiger partial charge in [-0.05, 0) is 42.2 Å². The van der Waals surface area contributed by atoms with Gasteiger partial charge in [-0.2, -0.15) is 0 Å². The monoisotopic (exact) mass is 342 g/mol. The van der Waals surface area contributed by atoms with Gasteiger partial charge in [-0.1, -0.05) is 18.2 Å². The van der Waals surface area contributed by atoms with E-state index >= 15 is 0 Å². The molecule has 1 aliphatic rings. The summed E-state index contributed by atoms with van der Waals surface area (Å²) in [4.78, 5) is 29.8. The number of nitrogens with zero attached hydrogens (tertiary/aromatic N) is 2. The maximum atomic E-state index is 13.7. The molecule has 0 bridgehead atoms. The van der Waals surface area contributed by atoms with Gasteiger partial charge in [0.15, 0.2) is 0 Å². The topological polar surface area (TPSA) is 70.5 Å². The number of benzene rings is 1. The molecule has 0 saturated carbocycles. The highest BCUT2D eigenvalue weighted by Crippen LogP contribution is 2.37. The zero-order valence-corrected chi connectivity index (χ0v) is 13.6. The zero-order valence-electron chi connectivity index (χ0n) is 13.6. The average Bonchev–Trinajstić information content (AvgIpc) is 2.61. The number of hydrogen-bond acceptors (Lipinski definition) is 3. The molecule has 2 aromatic rings. The van der Waals surface area contributed by atoms with Crippen LogP contribution >= 0.6 is 0 Å². The summed E-state index contributed by atoms with van der Waals surface area (Å²) in [5.41, 5.74) is 1.48. The number of likely N-dealkylation sites (tertiary alicyclic amines) is 1. The molecular formula is C19H19FN2O3. The fourth-order valence-electron chi connectivity index (χ4n) is 3.37. The second-order valence-electron chi connectivity index (χ2n) is 6.18. The second kappa shape index (κ2) is 7.42. The first kappa shape index (κ1) is 17.1. The van der Waals surface area contributed by atoms with Crippen molar-refractivity contribution < 1.29 is 19.1 Å². The number of halogens is 1. The number of carboxylic acid groups (broad SMARTS) is 1. The summed E-state index contributed by atoms with van der Waals surface area (Å²) in [5.74, 6) is -2.25. The minimum Gasteiger partial charge on any atom is -0.481 e. The molecule has 130 valence electrons. The highest BCUT2D eigenvalue weighted by Gasteiger charge is 2.40. The van der Waals surface area contributed by atoms with Gasteiger partial charge in [0, 0.05) is 25.4 Å². The molecule has 2 atom stereocenters. The molecule has 25 heavy (non-hydrogen) atoms. The summed E-state index contributed by atoms with van der Waals surface area (Å²) in [6.45, 7) is 0.371. The standard InChI is InChI=1S/C19H19FN2O3/c20-15-5-1-4-14(11-15)18-16(19(24)25)6-7-17(23)22(18)10-8-13-3-2-9-21-12-13/h1-5,9,11-12,16,18H,6-8,10H2,(H,24,25)/t16-,18-/m1/s1. The van der Waals surface area contributed by atoms with Crippen LogP contribution < -0.4 is 0 Å². The minimum atomic E-state index is -0.965. The third-order valence-corrected chi connectivity index (χ3v) is 4.58. The number of aliphatic carboxylic acids is 1. The first-order valence-corrected chi connectivity index (χ1v) is 8.23. The molecule has 5 nitrogen and oxygen atoms in total. The predicted molar refractivity (Wildman–Crippen MR) is 89.2 cm³/mol. The normalized spacial score (nSPS) is 20.5. The van der Waals surface area contributed by atoms with Crippen LogP contribution in [-0.4, -0.2) is 33.4 Å². The Labute approximate surface area is 145 Å². The number of piperidine rings is 1. The molecule has 0 aliphatic carbocycles. The lowest BCUT2D eigenvalue weighted by molar-refractivity contribution is -0.152. The van der Waals surface area contributed by atoms with Crippen LogP contribution in [0.5, 0.6) is 0 Å². The molecule has 1 fully saturated rings. The van der Waals surface area contributed by atoms with Gasteiger partial charge in [-0.15, -0.1) is 0 Å². The van der Waals surface area contributed by atoms with E-state index in [0.29, 0.717) is 18.5 Å². The Bertz CT molecular complexity index is 766. The van der Waals surface area contributed by atoms with E-state index in [0.717, 1.165) is 5.56 Å². The van der Waals surface area contributed by atoms with Crippen LogP contribution in [0, 0.1) is 11.7 Å². The SMILES string of the molecule is O=C(O)[C@@H]1CCC(=O)N(CCc2cccnc2)[C@@H]1c1cccc(F)c1. The zero-order chi connectivity index (χ0) is 17.8. The third kappa shape index (κ3) is 3.84. The van der Waals surface area contributed by atoms with Crippen LogP contribution in [0.25, 0.3) is 0 Å². The van der Waals surface area contributed by atoms with Gasteiger partial charge >= 0.3 is 5.97 Å². The molecule has 1 aliphatic heterocycles. The molecule has 1 aromatic carbocycles. The van der Waals surface area contributed by atoms with Crippen LogP contribution in [-0.2, 0) is 16.0 Å². The van der Waals surface area contributed by atoms with Crippen LogP contribution in [0.4, 0.5) is 4.39 Å².